The highest BCUT2D eigenvalue weighted by molar-refractivity contribution is 6.09. The molecular formula is C28H36N6O5. The van der Waals surface area contributed by atoms with Gasteiger partial charge in [0.25, 0.3) is 11.8 Å². The van der Waals surface area contributed by atoms with E-state index in [4.69, 9.17) is 4.74 Å². The lowest BCUT2D eigenvalue weighted by atomic mass is 9.96. The molecular weight excluding hydrogens is 500 g/mol. The maximum absolute atomic E-state index is 13.4. The summed E-state index contributed by atoms with van der Waals surface area (Å²) in [7, 11) is 2.10. The number of piperazine rings is 1. The Balaban J connectivity index is 0.00000194. The number of hydrogen-bond donors (Lipinski definition) is 3. The number of rotatable bonds is 4. The number of likely N-dealkylation sites (N-methyl/N-ethyl adjacent to an activating group) is 1. The number of carbonyl (C=O) groups excluding carboxylic acids is 4. The van der Waals surface area contributed by atoms with E-state index < -0.39 is 17.2 Å². The number of hydrogen-bond acceptors (Lipinski definition) is 7. The van der Waals surface area contributed by atoms with Crippen molar-refractivity contribution in [1.82, 2.24) is 15.5 Å². The van der Waals surface area contributed by atoms with E-state index in [2.05, 4.69) is 32.8 Å². The van der Waals surface area contributed by atoms with Gasteiger partial charge in [0.2, 0.25) is 5.91 Å². The summed E-state index contributed by atoms with van der Waals surface area (Å²) in [6, 6.07) is 10.7. The van der Waals surface area contributed by atoms with Gasteiger partial charge in [0.05, 0.1) is 11.4 Å². The summed E-state index contributed by atoms with van der Waals surface area (Å²) < 4.78 is 6.24. The Morgan fingerprint density at radius 2 is 1.74 bits per heavy atom. The number of ether oxygens (including phenoxy) is 1. The van der Waals surface area contributed by atoms with Crippen molar-refractivity contribution in [3.8, 4) is 5.75 Å². The zero-order chi connectivity index (χ0) is 27.5. The van der Waals surface area contributed by atoms with Gasteiger partial charge in [-0.15, -0.1) is 0 Å². The van der Waals surface area contributed by atoms with Crippen LogP contribution in [0.5, 0.6) is 5.75 Å². The summed E-state index contributed by atoms with van der Waals surface area (Å²) in [5.74, 6) is -0.368. The summed E-state index contributed by atoms with van der Waals surface area (Å²) in [5, 5.41) is 7.96. The number of urea groups is 1. The van der Waals surface area contributed by atoms with Gasteiger partial charge < -0.3 is 25.2 Å². The Morgan fingerprint density at radius 1 is 1.03 bits per heavy atom. The highest BCUT2D eigenvalue weighted by Crippen LogP contribution is 2.44. The molecule has 2 saturated heterocycles. The van der Waals surface area contributed by atoms with E-state index in [9.17, 15) is 19.2 Å². The Morgan fingerprint density at radius 3 is 2.46 bits per heavy atom. The highest BCUT2D eigenvalue weighted by Gasteiger charge is 2.50. The number of nitrogens with one attached hydrogen (secondary N) is 3. The minimum Gasteiger partial charge on any atom is -0.474 e. The second kappa shape index (κ2) is 8.98. The van der Waals surface area contributed by atoms with Crippen LogP contribution in [-0.4, -0.2) is 79.6 Å². The first-order chi connectivity index (χ1) is 18.5. The molecule has 3 aliphatic heterocycles. The van der Waals surface area contributed by atoms with Crippen molar-refractivity contribution in [3.63, 3.8) is 0 Å². The molecule has 1 atom stereocenters. The molecule has 2 aromatic rings. The first-order valence-electron chi connectivity index (χ1n) is 13.2. The number of fused-ring (bicyclic) bond motifs is 2. The van der Waals surface area contributed by atoms with Crippen molar-refractivity contribution >= 4 is 40.8 Å². The lowest BCUT2D eigenvalue weighted by Crippen LogP contribution is -2.55. The van der Waals surface area contributed by atoms with E-state index in [0.29, 0.717) is 30.0 Å². The Hall–Kier alpha value is -4.12. The number of amides is 5. The average molecular weight is 537 g/mol. The van der Waals surface area contributed by atoms with Crippen molar-refractivity contribution in [3.05, 3.63) is 47.5 Å². The smallest absolute Gasteiger partial charge is 0.322 e. The number of carbonyl (C=O) groups is 4. The minimum absolute atomic E-state index is 0. The van der Waals surface area contributed by atoms with Gasteiger partial charge >= 0.3 is 6.03 Å². The molecule has 3 heterocycles. The van der Waals surface area contributed by atoms with Crippen LogP contribution in [0.2, 0.25) is 0 Å². The molecule has 208 valence electrons. The monoisotopic (exact) mass is 536 g/mol. The largest absolute Gasteiger partial charge is 0.474 e. The molecule has 2 fully saturated rings. The van der Waals surface area contributed by atoms with Crippen LogP contribution in [-0.2, 0) is 27.2 Å². The molecule has 0 bridgehead atoms. The molecule has 6 rings (SSSR count). The van der Waals surface area contributed by atoms with Crippen LogP contribution < -0.4 is 30.5 Å². The van der Waals surface area contributed by atoms with Gasteiger partial charge in [-0.1, -0.05) is 12.1 Å². The lowest BCUT2D eigenvalue weighted by Gasteiger charge is -2.42. The Labute approximate surface area is 229 Å². The summed E-state index contributed by atoms with van der Waals surface area (Å²) >= 11 is 0. The highest BCUT2D eigenvalue weighted by atomic mass is 16.5. The molecule has 3 N–H and O–H groups in total. The summed E-state index contributed by atoms with van der Waals surface area (Å²) in [5.41, 5.74) is 1.78. The van der Waals surface area contributed by atoms with Gasteiger partial charge in [-0.2, -0.15) is 0 Å². The second-order valence-electron chi connectivity index (χ2n) is 11.3. The number of imide groups is 1. The number of anilines is 3. The third-order valence-electron chi connectivity index (χ3n) is 8.02. The summed E-state index contributed by atoms with van der Waals surface area (Å²) in [4.78, 5) is 56.7. The minimum atomic E-state index is -1.13. The second-order valence-corrected chi connectivity index (χ2v) is 11.3. The SMILES string of the molecule is CN1CCN(c2cccc3c2OC(C)(C)C(=O)N3CC(=O)Nc2ccc3c(c2)CC2(C3)NC(=O)NC2=O)CC1.[HH].[HH]. The fourth-order valence-corrected chi connectivity index (χ4v) is 5.89. The molecule has 4 aliphatic rings. The van der Waals surface area contributed by atoms with Crippen LogP contribution in [0, 0.1) is 0 Å². The number of nitrogens with zero attached hydrogens (tertiary/aromatic N) is 3. The topological polar surface area (TPSA) is 123 Å². The van der Waals surface area contributed by atoms with E-state index in [1.807, 2.05) is 30.3 Å². The Kier molecular flexibility index (Phi) is 5.79. The molecule has 11 nitrogen and oxygen atoms in total. The molecule has 11 heteroatoms. The normalized spacial score (nSPS) is 23.7. The predicted molar refractivity (Wildman–Crippen MR) is 149 cm³/mol. The maximum atomic E-state index is 13.4. The summed E-state index contributed by atoms with van der Waals surface area (Å²) in [6.07, 6.45) is 0.750. The van der Waals surface area contributed by atoms with Crippen LogP contribution in [0.3, 0.4) is 0 Å². The fourth-order valence-electron chi connectivity index (χ4n) is 5.89. The lowest BCUT2D eigenvalue weighted by molar-refractivity contribution is -0.133. The molecule has 2 aromatic carbocycles. The van der Waals surface area contributed by atoms with E-state index in [0.717, 1.165) is 43.0 Å². The van der Waals surface area contributed by atoms with Crippen LogP contribution >= 0.6 is 0 Å². The molecule has 5 amide bonds. The van der Waals surface area contributed by atoms with Crippen LogP contribution in [0.1, 0.15) is 27.8 Å². The van der Waals surface area contributed by atoms with Crippen molar-refractivity contribution in [1.29, 1.82) is 0 Å². The van der Waals surface area contributed by atoms with Crippen molar-refractivity contribution < 1.29 is 26.8 Å². The summed E-state index contributed by atoms with van der Waals surface area (Å²) in [6.45, 7) is 6.81. The molecule has 1 unspecified atom stereocenters. The fraction of sp³-hybridized carbons (Fsp3) is 0.429. The maximum Gasteiger partial charge on any atom is 0.322 e. The van der Waals surface area contributed by atoms with Crippen molar-refractivity contribution in [2.24, 2.45) is 0 Å². The predicted octanol–water partition coefficient (Wildman–Crippen LogP) is 1.75. The van der Waals surface area contributed by atoms with E-state index in [1.165, 1.54) is 4.90 Å². The molecule has 0 saturated carbocycles. The quantitative estimate of drug-likeness (QED) is 0.509. The third-order valence-corrected chi connectivity index (χ3v) is 8.02. The van der Waals surface area contributed by atoms with Crippen LogP contribution in [0.15, 0.2) is 36.4 Å². The van der Waals surface area contributed by atoms with Gasteiger partial charge in [0.15, 0.2) is 11.4 Å². The van der Waals surface area contributed by atoms with Crippen LogP contribution in [0.4, 0.5) is 21.9 Å². The van der Waals surface area contributed by atoms with E-state index >= 15 is 0 Å². The van der Waals surface area contributed by atoms with Gasteiger partial charge in [-0.05, 0) is 56.3 Å². The number of benzene rings is 2. The molecule has 0 radical (unpaired) electrons. The standard InChI is InChI=1S/C28H32N6O5.2H2/c1-27(2)25(37)34(21-6-4-5-20(23(21)39-27)33-11-9-32(3)10-12-33)16-22(35)29-19-8-7-17-14-28(15-18(17)13-19)24(36)30-26(38)31-28;;/h4-8,13H,9-12,14-16H2,1-3H3,(H,29,35)(H2,30,31,36,38);2*1H. The van der Waals surface area contributed by atoms with E-state index in [1.54, 1.807) is 19.9 Å². The van der Waals surface area contributed by atoms with Gasteiger partial charge in [-0.25, -0.2) is 4.79 Å². The van der Waals surface area contributed by atoms with Crippen LogP contribution in [0.25, 0.3) is 0 Å². The van der Waals surface area contributed by atoms with Gasteiger partial charge in [-0.3, -0.25) is 24.6 Å². The van der Waals surface area contributed by atoms with Crippen molar-refractivity contribution in [2.45, 2.75) is 37.8 Å². The molecule has 39 heavy (non-hydrogen) atoms. The average Bonchev–Trinajstić information content (AvgIpc) is 3.38. The molecule has 1 aliphatic carbocycles. The first kappa shape index (κ1) is 25.2. The Bertz CT molecular complexity index is 1410. The molecule has 1 spiro atoms. The zero-order valence-corrected chi connectivity index (χ0v) is 22.3. The molecule has 0 aromatic heterocycles. The van der Waals surface area contributed by atoms with Gasteiger partial charge in [0, 0.05) is 47.6 Å². The number of para-hydroxylation sites is 1. The third kappa shape index (κ3) is 4.36. The van der Waals surface area contributed by atoms with Crippen molar-refractivity contribution in [2.75, 3.05) is 54.9 Å². The first-order valence-corrected chi connectivity index (χ1v) is 13.2. The van der Waals surface area contributed by atoms with E-state index in [-0.39, 0.29) is 27.1 Å². The van der Waals surface area contributed by atoms with Gasteiger partial charge in [0.1, 0.15) is 12.1 Å². The zero-order valence-electron chi connectivity index (χ0n) is 22.3.